The molecule has 1 fully saturated rings. The molecule has 3 rings (SSSR count). The average molecular weight is 381 g/mol. The maximum Gasteiger partial charge on any atom is 0.263 e. The van der Waals surface area contributed by atoms with E-state index in [0.717, 1.165) is 12.8 Å². The van der Waals surface area contributed by atoms with Crippen molar-refractivity contribution in [3.8, 4) is 0 Å². The number of rotatable bonds is 5. The van der Waals surface area contributed by atoms with Crippen molar-refractivity contribution >= 4 is 33.3 Å². The summed E-state index contributed by atoms with van der Waals surface area (Å²) in [5.74, 6) is 0.846. The van der Waals surface area contributed by atoms with Crippen molar-refractivity contribution in [3.05, 3.63) is 40.9 Å². The van der Waals surface area contributed by atoms with E-state index >= 15 is 0 Å². The van der Waals surface area contributed by atoms with E-state index in [4.69, 9.17) is 11.6 Å². The van der Waals surface area contributed by atoms with Crippen LogP contribution in [0.25, 0.3) is 0 Å². The van der Waals surface area contributed by atoms with Gasteiger partial charge in [0.25, 0.3) is 10.0 Å². The van der Waals surface area contributed by atoms with Crippen LogP contribution in [0.15, 0.2) is 35.2 Å². The molecule has 1 aliphatic rings. The van der Waals surface area contributed by atoms with Gasteiger partial charge in [0, 0.05) is 11.1 Å². The number of hydrogen-bond donors (Lipinski definition) is 2. The zero-order valence-corrected chi connectivity index (χ0v) is 15.6. The zero-order chi connectivity index (χ0) is 17.9. The third kappa shape index (κ3) is 4.61. The summed E-state index contributed by atoms with van der Waals surface area (Å²) in [6, 6.07) is 8.32. The Balaban J connectivity index is 1.68. The molecule has 2 aromatic rings. The summed E-state index contributed by atoms with van der Waals surface area (Å²) in [5, 5.41) is 11.9. The van der Waals surface area contributed by atoms with Gasteiger partial charge >= 0.3 is 0 Å². The van der Waals surface area contributed by atoms with Crippen LogP contribution in [0.5, 0.6) is 0 Å². The first-order chi connectivity index (χ1) is 11.9. The number of nitrogens with zero attached hydrogens (tertiary/aromatic N) is 2. The summed E-state index contributed by atoms with van der Waals surface area (Å²) in [6.45, 7) is 1.76. The lowest BCUT2D eigenvalue weighted by molar-refractivity contribution is 0.461. The summed E-state index contributed by atoms with van der Waals surface area (Å²) in [5.41, 5.74) is 0.697. The highest BCUT2D eigenvalue weighted by atomic mass is 35.5. The minimum atomic E-state index is -3.72. The zero-order valence-electron chi connectivity index (χ0n) is 14.0. The van der Waals surface area contributed by atoms with Gasteiger partial charge in [0.2, 0.25) is 0 Å². The predicted molar refractivity (Wildman–Crippen MR) is 99.5 cm³/mol. The van der Waals surface area contributed by atoms with E-state index in [0.29, 0.717) is 22.4 Å². The molecule has 134 valence electrons. The number of aromatic nitrogens is 2. The monoisotopic (exact) mass is 380 g/mol. The highest BCUT2D eigenvalue weighted by molar-refractivity contribution is 7.92. The number of nitrogens with one attached hydrogen (secondary N) is 2. The van der Waals surface area contributed by atoms with E-state index in [1.807, 2.05) is 0 Å². The van der Waals surface area contributed by atoms with Gasteiger partial charge in [-0.3, -0.25) is 4.72 Å². The van der Waals surface area contributed by atoms with Crippen LogP contribution in [0.3, 0.4) is 0 Å². The molecule has 8 heteroatoms. The SMILES string of the molecule is Cc1cc(S(=O)(=O)Nc2ccc(NC3CCCCC3)nn2)ccc1Cl. The van der Waals surface area contributed by atoms with Gasteiger partial charge in [0.15, 0.2) is 5.82 Å². The topological polar surface area (TPSA) is 84.0 Å². The van der Waals surface area contributed by atoms with E-state index in [1.165, 1.54) is 31.4 Å². The highest BCUT2D eigenvalue weighted by Gasteiger charge is 2.17. The fourth-order valence-corrected chi connectivity index (χ4v) is 4.10. The fourth-order valence-electron chi connectivity index (χ4n) is 2.90. The summed E-state index contributed by atoms with van der Waals surface area (Å²) in [7, 11) is -3.72. The number of benzene rings is 1. The Bertz CT molecular complexity index is 834. The largest absolute Gasteiger partial charge is 0.366 e. The van der Waals surface area contributed by atoms with Crippen LogP contribution in [-0.4, -0.2) is 24.7 Å². The van der Waals surface area contributed by atoms with Gasteiger partial charge in [-0.15, -0.1) is 10.2 Å². The van der Waals surface area contributed by atoms with Crippen molar-refractivity contribution in [2.24, 2.45) is 0 Å². The number of aryl methyl sites for hydroxylation is 1. The molecule has 0 atom stereocenters. The molecular formula is C17H21ClN4O2S. The number of sulfonamides is 1. The van der Waals surface area contributed by atoms with Gasteiger partial charge in [0.1, 0.15) is 5.82 Å². The first-order valence-electron chi connectivity index (χ1n) is 8.33. The quantitative estimate of drug-likeness (QED) is 0.819. The van der Waals surface area contributed by atoms with Crippen molar-refractivity contribution < 1.29 is 8.42 Å². The molecule has 0 aliphatic heterocycles. The summed E-state index contributed by atoms with van der Waals surface area (Å²) in [6.07, 6.45) is 6.00. The standard InChI is InChI=1S/C17H21ClN4O2S/c1-12-11-14(7-8-15(12)18)25(23,24)22-17-10-9-16(20-21-17)19-13-5-3-2-4-6-13/h7-11,13H,2-6H2,1H3,(H,19,20)(H,21,22). The van der Waals surface area contributed by atoms with Crippen LogP contribution >= 0.6 is 11.6 Å². The van der Waals surface area contributed by atoms with Gasteiger partial charge in [-0.05, 0) is 55.7 Å². The van der Waals surface area contributed by atoms with Crippen molar-refractivity contribution in [1.29, 1.82) is 0 Å². The lowest BCUT2D eigenvalue weighted by Gasteiger charge is -2.22. The lowest BCUT2D eigenvalue weighted by atomic mass is 9.95. The molecule has 0 saturated heterocycles. The number of hydrogen-bond acceptors (Lipinski definition) is 5. The second kappa shape index (κ2) is 7.58. The van der Waals surface area contributed by atoms with Gasteiger partial charge in [-0.25, -0.2) is 8.42 Å². The first kappa shape index (κ1) is 17.9. The Morgan fingerprint density at radius 3 is 2.36 bits per heavy atom. The number of halogens is 1. The van der Waals surface area contributed by atoms with Gasteiger partial charge < -0.3 is 5.32 Å². The van der Waals surface area contributed by atoms with Crippen LogP contribution in [0.4, 0.5) is 11.6 Å². The van der Waals surface area contributed by atoms with Crippen molar-refractivity contribution in [2.45, 2.75) is 50.0 Å². The van der Waals surface area contributed by atoms with E-state index < -0.39 is 10.0 Å². The van der Waals surface area contributed by atoms with E-state index in [9.17, 15) is 8.42 Å². The smallest absolute Gasteiger partial charge is 0.263 e. The van der Waals surface area contributed by atoms with E-state index in [1.54, 1.807) is 25.1 Å². The minimum Gasteiger partial charge on any atom is -0.366 e. The third-order valence-corrected chi connectivity index (χ3v) is 6.08. The Morgan fingerprint density at radius 1 is 1.04 bits per heavy atom. The summed E-state index contributed by atoms with van der Waals surface area (Å²) >= 11 is 5.94. The van der Waals surface area contributed by atoms with Gasteiger partial charge in [-0.1, -0.05) is 30.9 Å². The predicted octanol–water partition coefficient (Wildman–Crippen LogP) is 3.98. The Hall–Kier alpha value is -1.86. The highest BCUT2D eigenvalue weighted by Crippen LogP contribution is 2.22. The molecule has 1 aliphatic carbocycles. The summed E-state index contributed by atoms with van der Waals surface area (Å²) in [4.78, 5) is 0.139. The average Bonchev–Trinajstić information content (AvgIpc) is 2.60. The molecule has 0 spiro atoms. The maximum absolute atomic E-state index is 12.4. The molecule has 2 N–H and O–H groups in total. The Kier molecular flexibility index (Phi) is 5.44. The molecule has 0 radical (unpaired) electrons. The lowest BCUT2D eigenvalue weighted by Crippen LogP contribution is -2.23. The van der Waals surface area contributed by atoms with Crippen molar-refractivity contribution in [2.75, 3.05) is 10.0 Å². The maximum atomic E-state index is 12.4. The van der Waals surface area contributed by atoms with Gasteiger partial charge in [-0.2, -0.15) is 0 Å². The van der Waals surface area contributed by atoms with E-state index in [2.05, 4.69) is 20.2 Å². The molecule has 1 aromatic carbocycles. The molecule has 0 bridgehead atoms. The Morgan fingerprint density at radius 2 is 1.72 bits per heavy atom. The van der Waals surface area contributed by atoms with Crippen LogP contribution in [0, 0.1) is 6.92 Å². The van der Waals surface area contributed by atoms with Crippen LogP contribution < -0.4 is 10.0 Å². The molecule has 0 unspecified atom stereocenters. The first-order valence-corrected chi connectivity index (χ1v) is 10.2. The minimum absolute atomic E-state index is 0.139. The molecule has 25 heavy (non-hydrogen) atoms. The van der Waals surface area contributed by atoms with Gasteiger partial charge in [0.05, 0.1) is 4.90 Å². The normalized spacial score (nSPS) is 15.8. The van der Waals surface area contributed by atoms with E-state index in [-0.39, 0.29) is 10.7 Å². The van der Waals surface area contributed by atoms with Crippen LogP contribution in [0.2, 0.25) is 5.02 Å². The molecule has 1 heterocycles. The fraction of sp³-hybridized carbons (Fsp3) is 0.412. The van der Waals surface area contributed by atoms with Crippen molar-refractivity contribution in [3.63, 3.8) is 0 Å². The molecular weight excluding hydrogens is 360 g/mol. The second-order valence-corrected chi connectivity index (χ2v) is 8.39. The third-order valence-electron chi connectivity index (χ3n) is 4.30. The molecule has 6 nitrogen and oxygen atoms in total. The van der Waals surface area contributed by atoms with Crippen LogP contribution in [-0.2, 0) is 10.0 Å². The Labute approximate surface area is 153 Å². The second-order valence-electron chi connectivity index (χ2n) is 6.30. The van der Waals surface area contributed by atoms with Crippen LogP contribution in [0.1, 0.15) is 37.7 Å². The van der Waals surface area contributed by atoms with Crippen molar-refractivity contribution in [1.82, 2.24) is 10.2 Å². The summed E-state index contributed by atoms with van der Waals surface area (Å²) < 4.78 is 27.3. The molecule has 1 aromatic heterocycles. The molecule has 0 amide bonds. The molecule has 1 saturated carbocycles. The number of anilines is 2.